The average Bonchev–Trinajstić information content (AvgIpc) is 3.30. The summed E-state index contributed by atoms with van der Waals surface area (Å²) in [6, 6.07) is 25.1. The molecular formula is C28H31Cl3N4O2. The van der Waals surface area contributed by atoms with Crippen LogP contribution in [-0.2, 0) is 24.2 Å². The lowest BCUT2D eigenvalue weighted by Gasteiger charge is -2.12. The number of amides is 1. The number of benzene rings is 3. The number of aliphatic hydroxyl groups excluding tert-OH is 1. The molecule has 6 nitrogen and oxygen atoms in total. The number of halogens is 3. The first-order valence-corrected chi connectivity index (χ1v) is 12.0. The van der Waals surface area contributed by atoms with E-state index in [1.807, 2.05) is 89.6 Å². The summed E-state index contributed by atoms with van der Waals surface area (Å²) in [6.07, 6.45) is 4.03. The quantitative estimate of drug-likeness (QED) is 0.212. The SMILES string of the molecule is Cl.Cl.O=C(Cc1nccn1Cc1ccccc1Cl)Nc1ccc(CCNCC(O)c2ccccc2)cc1. The number of anilines is 1. The van der Waals surface area contributed by atoms with Gasteiger partial charge in [0.15, 0.2) is 0 Å². The molecule has 196 valence electrons. The minimum absolute atomic E-state index is 0. The molecule has 0 fully saturated rings. The Kier molecular flexibility index (Phi) is 12.6. The zero-order chi connectivity index (χ0) is 24.5. The first-order valence-electron chi connectivity index (χ1n) is 11.6. The van der Waals surface area contributed by atoms with Crippen LogP contribution in [-0.4, -0.2) is 33.7 Å². The molecule has 0 aliphatic rings. The van der Waals surface area contributed by atoms with E-state index in [1.54, 1.807) is 6.20 Å². The van der Waals surface area contributed by atoms with Gasteiger partial charge in [0.05, 0.1) is 19.1 Å². The standard InChI is InChI=1S/C28H29ClN4O2.2ClH/c29-25-9-5-4-8-23(25)20-33-17-16-31-27(33)18-28(35)32-24-12-10-21(11-13-24)14-15-30-19-26(34)22-6-2-1-3-7-22;;/h1-13,16-17,26,30,34H,14-15,18-20H2,(H,32,35);2*1H. The van der Waals surface area contributed by atoms with Gasteiger partial charge in [-0.25, -0.2) is 4.98 Å². The van der Waals surface area contributed by atoms with Gasteiger partial charge in [0.2, 0.25) is 5.91 Å². The van der Waals surface area contributed by atoms with Crippen molar-refractivity contribution in [1.82, 2.24) is 14.9 Å². The first-order chi connectivity index (χ1) is 17.1. The van der Waals surface area contributed by atoms with Gasteiger partial charge >= 0.3 is 0 Å². The maximum absolute atomic E-state index is 12.6. The van der Waals surface area contributed by atoms with E-state index in [4.69, 9.17) is 11.6 Å². The highest BCUT2D eigenvalue weighted by molar-refractivity contribution is 6.31. The van der Waals surface area contributed by atoms with E-state index in [0.29, 0.717) is 23.9 Å². The van der Waals surface area contributed by atoms with Gasteiger partial charge in [0, 0.05) is 29.6 Å². The lowest BCUT2D eigenvalue weighted by molar-refractivity contribution is -0.115. The van der Waals surface area contributed by atoms with Gasteiger partial charge < -0.3 is 20.3 Å². The third kappa shape index (κ3) is 9.18. The van der Waals surface area contributed by atoms with Crippen molar-refractivity contribution in [1.29, 1.82) is 0 Å². The van der Waals surface area contributed by atoms with Crippen molar-refractivity contribution in [2.24, 2.45) is 0 Å². The van der Waals surface area contributed by atoms with Crippen LogP contribution in [0.3, 0.4) is 0 Å². The molecule has 3 N–H and O–H groups in total. The van der Waals surface area contributed by atoms with Crippen LogP contribution in [0.4, 0.5) is 5.69 Å². The fraction of sp³-hybridized carbons (Fsp3) is 0.214. The number of imidazole rings is 1. The fourth-order valence-electron chi connectivity index (χ4n) is 3.83. The molecule has 0 aliphatic carbocycles. The normalized spacial score (nSPS) is 11.2. The topological polar surface area (TPSA) is 79.2 Å². The number of nitrogens with one attached hydrogen (secondary N) is 2. The minimum atomic E-state index is -0.519. The molecule has 0 radical (unpaired) electrons. The van der Waals surface area contributed by atoms with E-state index < -0.39 is 6.10 Å². The van der Waals surface area contributed by atoms with Crippen LogP contribution in [0.5, 0.6) is 0 Å². The molecule has 9 heteroatoms. The van der Waals surface area contributed by atoms with Crippen molar-refractivity contribution in [3.05, 3.63) is 119 Å². The maximum Gasteiger partial charge on any atom is 0.231 e. The number of aromatic nitrogens is 2. The number of carbonyl (C=O) groups is 1. The molecule has 3 aromatic carbocycles. The second kappa shape index (κ2) is 15.4. The average molecular weight is 562 g/mol. The van der Waals surface area contributed by atoms with E-state index in [0.717, 1.165) is 35.3 Å². The summed E-state index contributed by atoms with van der Waals surface area (Å²) in [5, 5.41) is 17.1. The van der Waals surface area contributed by atoms with E-state index in [-0.39, 0.29) is 37.1 Å². The van der Waals surface area contributed by atoms with Crippen LogP contribution in [0.25, 0.3) is 0 Å². The van der Waals surface area contributed by atoms with Crippen LogP contribution in [0.1, 0.15) is 28.6 Å². The van der Waals surface area contributed by atoms with Crippen molar-refractivity contribution in [3.63, 3.8) is 0 Å². The lowest BCUT2D eigenvalue weighted by Crippen LogP contribution is -2.23. The number of aliphatic hydroxyl groups is 1. The Hall–Kier alpha value is -2.87. The van der Waals surface area contributed by atoms with Crippen molar-refractivity contribution >= 4 is 48.0 Å². The van der Waals surface area contributed by atoms with Crippen molar-refractivity contribution in [2.75, 3.05) is 18.4 Å². The van der Waals surface area contributed by atoms with Crippen molar-refractivity contribution < 1.29 is 9.90 Å². The monoisotopic (exact) mass is 560 g/mol. The van der Waals surface area contributed by atoms with Crippen LogP contribution in [0, 0.1) is 0 Å². The van der Waals surface area contributed by atoms with Gasteiger partial charge in [-0.15, -0.1) is 24.8 Å². The highest BCUT2D eigenvalue weighted by atomic mass is 35.5. The molecule has 0 aliphatic heterocycles. The molecule has 1 atom stereocenters. The second-order valence-corrected chi connectivity index (χ2v) is 8.77. The minimum Gasteiger partial charge on any atom is -0.387 e. The van der Waals surface area contributed by atoms with E-state index >= 15 is 0 Å². The Labute approximate surface area is 234 Å². The number of hydrogen-bond donors (Lipinski definition) is 3. The summed E-state index contributed by atoms with van der Waals surface area (Å²) < 4.78 is 1.94. The number of carbonyl (C=O) groups excluding carboxylic acids is 1. The molecule has 0 saturated carbocycles. The highest BCUT2D eigenvalue weighted by Crippen LogP contribution is 2.17. The van der Waals surface area contributed by atoms with Crippen molar-refractivity contribution in [3.8, 4) is 0 Å². The molecule has 4 aromatic rings. The summed E-state index contributed by atoms with van der Waals surface area (Å²) in [7, 11) is 0. The Morgan fingerprint density at radius 1 is 0.973 bits per heavy atom. The van der Waals surface area contributed by atoms with Gasteiger partial charge in [0.1, 0.15) is 5.82 Å². The molecule has 0 spiro atoms. The van der Waals surface area contributed by atoms with Gasteiger partial charge in [0.25, 0.3) is 0 Å². The zero-order valence-corrected chi connectivity index (χ0v) is 22.6. The summed E-state index contributed by atoms with van der Waals surface area (Å²) in [5.41, 5.74) is 3.79. The molecule has 1 aromatic heterocycles. The first kappa shape index (κ1) is 30.4. The largest absolute Gasteiger partial charge is 0.387 e. The van der Waals surface area contributed by atoms with Gasteiger partial charge in [-0.3, -0.25) is 4.79 Å². The van der Waals surface area contributed by atoms with Crippen LogP contribution < -0.4 is 10.6 Å². The summed E-state index contributed by atoms with van der Waals surface area (Å²) in [5.74, 6) is 0.559. The lowest BCUT2D eigenvalue weighted by atomic mass is 10.1. The molecular weight excluding hydrogens is 531 g/mol. The zero-order valence-electron chi connectivity index (χ0n) is 20.2. The van der Waals surface area contributed by atoms with E-state index in [2.05, 4.69) is 15.6 Å². The Morgan fingerprint density at radius 2 is 1.68 bits per heavy atom. The van der Waals surface area contributed by atoms with Crippen LogP contribution in [0.2, 0.25) is 5.02 Å². The third-order valence-electron chi connectivity index (χ3n) is 5.77. The fourth-order valence-corrected chi connectivity index (χ4v) is 4.02. The summed E-state index contributed by atoms with van der Waals surface area (Å²) in [6.45, 7) is 1.82. The molecule has 0 saturated heterocycles. The third-order valence-corrected chi connectivity index (χ3v) is 6.14. The molecule has 1 unspecified atom stereocenters. The maximum atomic E-state index is 12.6. The smallest absolute Gasteiger partial charge is 0.231 e. The number of hydrogen-bond acceptors (Lipinski definition) is 4. The predicted molar refractivity (Wildman–Crippen MR) is 154 cm³/mol. The molecule has 1 amide bonds. The van der Waals surface area contributed by atoms with Gasteiger partial charge in [-0.2, -0.15) is 0 Å². The predicted octanol–water partition coefficient (Wildman–Crippen LogP) is 5.48. The molecule has 4 rings (SSSR count). The molecule has 37 heavy (non-hydrogen) atoms. The van der Waals surface area contributed by atoms with E-state index in [9.17, 15) is 9.90 Å². The Morgan fingerprint density at radius 3 is 2.41 bits per heavy atom. The Balaban J connectivity index is 0.00000241. The molecule has 1 heterocycles. The van der Waals surface area contributed by atoms with Crippen LogP contribution >= 0.6 is 36.4 Å². The second-order valence-electron chi connectivity index (χ2n) is 8.37. The number of rotatable bonds is 11. The van der Waals surface area contributed by atoms with Crippen LogP contribution in [0.15, 0.2) is 91.3 Å². The summed E-state index contributed by atoms with van der Waals surface area (Å²) >= 11 is 6.27. The summed E-state index contributed by atoms with van der Waals surface area (Å²) in [4.78, 5) is 16.9. The van der Waals surface area contributed by atoms with Crippen molar-refractivity contribution in [2.45, 2.75) is 25.5 Å². The number of nitrogens with zero attached hydrogens (tertiary/aromatic N) is 2. The highest BCUT2D eigenvalue weighted by Gasteiger charge is 2.11. The Bertz CT molecular complexity index is 1230. The van der Waals surface area contributed by atoms with Gasteiger partial charge in [-0.05, 0) is 47.9 Å². The molecule has 0 bridgehead atoms. The van der Waals surface area contributed by atoms with Gasteiger partial charge in [-0.1, -0.05) is 72.3 Å². The van der Waals surface area contributed by atoms with E-state index in [1.165, 1.54) is 0 Å².